The predicted octanol–water partition coefficient (Wildman–Crippen LogP) is -0.525. The normalized spacial score (nSPS) is 12.7. The van der Waals surface area contributed by atoms with Gasteiger partial charge in [0.2, 0.25) is 0 Å². The molecule has 0 saturated heterocycles. The number of nitrogens with one attached hydrogen (secondary N) is 2. The molecule has 1 aromatic heterocycles. The molecule has 0 spiro atoms. The maximum Gasteiger partial charge on any atom is 0.329 e. The minimum absolute atomic E-state index is 0.0133. The quantitative estimate of drug-likeness (QED) is 0.566. The fraction of sp³-hybridized carbons (Fsp3) is 0.636. The van der Waals surface area contributed by atoms with Gasteiger partial charge in [0.05, 0.1) is 0 Å². The van der Waals surface area contributed by atoms with Gasteiger partial charge in [-0.2, -0.15) is 0 Å². The van der Waals surface area contributed by atoms with Crippen molar-refractivity contribution in [1.82, 2.24) is 9.55 Å². The molecule has 1 unspecified atom stereocenters. The lowest BCUT2D eigenvalue weighted by Crippen LogP contribution is -2.36. The first kappa shape index (κ1) is 14.3. The molecule has 0 amide bonds. The van der Waals surface area contributed by atoms with Crippen molar-refractivity contribution in [2.45, 2.75) is 26.3 Å². The fourth-order valence-corrected chi connectivity index (χ4v) is 1.67. The monoisotopic (exact) mass is 256 g/mol. The van der Waals surface area contributed by atoms with Crippen molar-refractivity contribution in [2.24, 2.45) is 13.0 Å². The predicted molar refractivity (Wildman–Crippen MR) is 70.7 cm³/mol. The zero-order chi connectivity index (χ0) is 13.9. The van der Waals surface area contributed by atoms with Crippen molar-refractivity contribution in [3.05, 3.63) is 20.8 Å². The smallest absolute Gasteiger partial charge is 0.329 e. The zero-order valence-electron chi connectivity index (χ0n) is 10.9. The lowest BCUT2D eigenvalue weighted by atomic mass is 10.0. The Morgan fingerprint density at radius 1 is 1.44 bits per heavy atom. The van der Waals surface area contributed by atoms with Gasteiger partial charge in [0.1, 0.15) is 11.5 Å². The van der Waals surface area contributed by atoms with Crippen molar-refractivity contribution in [3.8, 4) is 0 Å². The molecule has 1 aromatic rings. The maximum atomic E-state index is 11.7. The number of nitrogen functional groups attached to an aromatic ring is 1. The molecule has 0 aliphatic heterocycles. The Labute approximate surface area is 105 Å². The zero-order valence-corrected chi connectivity index (χ0v) is 10.9. The van der Waals surface area contributed by atoms with E-state index in [-0.39, 0.29) is 30.1 Å². The molecular weight excluding hydrogens is 236 g/mol. The van der Waals surface area contributed by atoms with E-state index in [1.54, 1.807) is 0 Å². The highest BCUT2D eigenvalue weighted by Crippen LogP contribution is 2.15. The Hall–Kier alpha value is -1.76. The molecule has 1 heterocycles. The van der Waals surface area contributed by atoms with E-state index in [1.807, 2.05) is 13.8 Å². The number of hydrogen-bond acceptors (Lipinski definition) is 5. The maximum absolute atomic E-state index is 11.7. The molecule has 18 heavy (non-hydrogen) atoms. The molecule has 102 valence electrons. The van der Waals surface area contributed by atoms with Crippen molar-refractivity contribution in [1.29, 1.82) is 0 Å². The summed E-state index contributed by atoms with van der Waals surface area (Å²) in [7, 11) is 1.48. The highest BCUT2D eigenvalue weighted by Gasteiger charge is 2.17. The Balaban J connectivity index is 3.14. The van der Waals surface area contributed by atoms with E-state index in [0.717, 1.165) is 0 Å². The van der Waals surface area contributed by atoms with E-state index in [2.05, 4.69) is 10.3 Å². The average molecular weight is 256 g/mol. The van der Waals surface area contributed by atoms with Gasteiger partial charge in [-0.05, 0) is 12.3 Å². The highest BCUT2D eigenvalue weighted by molar-refractivity contribution is 5.60. The molecule has 1 rings (SSSR count). The van der Waals surface area contributed by atoms with Gasteiger partial charge in [-0.25, -0.2) is 4.79 Å². The van der Waals surface area contributed by atoms with Crippen LogP contribution in [0, 0.1) is 5.92 Å². The number of aliphatic hydroxyl groups is 1. The van der Waals surface area contributed by atoms with Gasteiger partial charge >= 0.3 is 5.69 Å². The van der Waals surface area contributed by atoms with E-state index in [1.165, 1.54) is 11.6 Å². The second-order valence-corrected chi connectivity index (χ2v) is 4.59. The lowest BCUT2D eigenvalue weighted by molar-refractivity contribution is 0.267. The van der Waals surface area contributed by atoms with Crippen LogP contribution in [0.1, 0.15) is 20.3 Å². The Morgan fingerprint density at radius 3 is 2.56 bits per heavy atom. The summed E-state index contributed by atoms with van der Waals surface area (Å²) >= 11 is 0. The van der Waals surface area contributed by atoms with Gasteiger partial charge in [0, 0.05) is 19.7 Å². The van der Waals surface area contributed by atoms with Crippen molar-refractivity contribution in [3.63, 3.8) is 0 Å². The molecule has 0 radical (unpaired) electrons. The third-order valence-electron chi connectivity index (χ3n) is 2.94. The molecule has 0 aliphatic carbocycles. The second kappa shape index (κ2) is 5.72. The average Bonchev–Trinajstić information content (AvgIpc) is 2.30. The molecule has 5 N–H and O–H groups in total. The first-order valence-corrected chi connectivity index (χ1v) is 5.84. The summed E-state index contributed by atoms with van der Waals surface area (Å²) in [5.41, 5.74) is 4.83. The summed E-state index contributed by atoms with van der Waals surface area (Å²) < 4.78 is 1.17. The lowest BCUT2D eigenvalue weighted by Gasteiger charge is -2.23. The van der Waals surface area contributed by atoms with Crippen LogP contribution in [0.5, 0.6) is 0 Å². The topological polar surface area (TPSA) is 113 Å². The van der Waals surface area contributed by atoms with Crippen LogP contribution in [0.15, 0.2) is 9.59 Å². The van der Waals surface area contributed by atoms with Gasteiger partial charge in [0.15, 0.2) is 0 Å². The third-order valence-corrected chi connectivity index (χ3v) is 2.94. The summed E-state index contributed by atoms with van der Waals surface area (Å²) in [6, 6.07) is -0.0871. The van der Waals surface area contributed by atoms with E-state index in [4.69, 9.17) is 10.8 Å². The van der Waals surface area contributed by atoms with Crippen molar-refractivity contribution >= 4 is 11.5 Å². The van der Waals surface area contributed by atoms with E-state index >= 15 is 0 Å². The Kier molecular flexibility index (Phi) is 4.55. The number of aromatic nitrogens is 2. The second-order valence-electron chi connectivity index (χ2n) is 4.59. The van der Waals surface area contributed by atoms with Gasteiger partial charge in [0.25, 0.3) is 5.56 Å². The molecule has 0 aliphatic rings. The van der Waals surface area contributed by atoms with Crippen LogP contribution in [0.25, 0.3) is 0 Å². The Morgan fingerprint density at radius 2 is 2.06 bits per heavy atom. The molecule has 0 saturated carbocycles. The van der Waals surface area contributed by atoms with Crippen molar-refractivity contribution in [2.75, 3.05) is 17.7 Å². The number of rotatable bonds is 5. The SMILES string of the molecule is CC(C)C(CCO)Nc1c(N)n(C)c(=O)[nH]c1=O. The number of aliphatic hydroxyl groups excluding tert-OH is 1. The van der Waals surface area contributed by atoms with Crippen LogP contribution in [-0.2, 0) is 7.05 Å². The summed E-state index contributed by atoms with van der Waals surface area (Å²) in [5, 5.41) is 12.0. The third kappa shape index (κ3) is 2.92. The molecule has 7 nitrogen and oxygen atoms in total. The van der Waals surface area contributed by atoms with Crippen LogP contribution < -0.4 is 22.3 Å². The molecule has 0 fully saturated rings. The summed E-state index contributed by atoms with van der Waals surface area (Å²) in [6.07, 6.45) is 0.499. The Bertz CT molecular complexity index is 518. The standard InChI is InChI=1S/C11H20N4O3/c1-6(2)7(4-5-16)13-8-9(12)15(3)11(18)14-10(8)17/h6-7,13,16H,4-5,12H2,1-3H3,(H,14,17,18). The summed E-state index contributed by atoms with van der Waals surface area (Å²) in [5.74, 6) is 0.306. The molecule has 1 atom stereocenters. The minimum atomic E-state index is -0.550. The number of nitrogens with zero attached hydrogens (tertiary/aromatic N) is 1. The van der Waals surface area contributed by atoms with E-state index in [0.29, 0.717) is 6.42 Å². The van der Waals surface area contributed by atoms with Crippen LogP contribution in [0.3, 0.4) is 0 Å². The largest absolute Gasteiger partial charge is 0.396 e. The van der Waals surface area contributed by atoms with Gasteiger partial charge in [-0.3, -0.25) is 14.3 Å². The van der Waals surface area contributed by atoms with Gasteiger partial charge < -0.3 is 16.2 Å². The van der Waals surface area contributed by atoms with E-state index in [9.17, 15) is 9.59 Å². The summed E-state index contributed by atoms with van der Waals surface area (Å²) in [6.45, 7) is 3.96. The van der Waals surface area contributed by atoms with Gasteiger partial charge in [-0.15, -0.1) is 0 Å². The van der Waals surface area contributed by atoms with Gasteiger partial charge in [-0.1, -0.05) is 13.8 Å². The first-order valence-electron chi connectivity index (χ1n) is 5.84. The first-order chi connectivity index (χ1) is 8.38. The minimum Gasteiger partial charge on any atom is -0.396 e. The molecular formula is C11H20N4O3. The number of aromatic amines is 1. The number of anilines is 2. The van der Waals surface area contributed by atoms with Crippen LogP contribution in [-0.4, -0.2) is 27.3 Å². The molecule has 0 aromatic carbocycles. The fourth-order valence-electron chi connectivity index (χ4n) is 1.67. The highest BCUT2D eigenvalue weighted by atomic mass is 16.3. The number of nitrogens with two attached hydrogens (primary N) is 1. The summed E-state index contributed by atoms with van der Waals surface area (Å²) in [4.78, 5) is 25.2. The van der Waals surface area contributed by atoms with E-state index < -0.39 is 11.2 Å². The number of hydrogen-bond donors (Lipinski definition) is 4. The number of H-pyrrole nitrogens is 1. The van der Waals surface area contributed by atoms with Crippen LogP contribution >= 0.6 is 0 Å². The van der Waals surface area contributed by atoms with Crippen molar-refractivity contribution < 1.29 is 5.11 Å². The van der Waals surface area contributed by atoms with Crippen LogP contribution in [0.4, 0.5) is 11.5 Å². The van der Waals surface area contributed by atoms with Crippen LogP contribution in [0.2, 0.25) is 0 Å². The molecule has 7 heteroatoms. The molecule has 0 bridgehead atoms.